The van der Waals surface area contributed by atoms with Gasteiger partial charge in [0.15, 0.2) is 12.2 Å². The van der Waals surface area contributed by atoms with Crippen LogP contribution in [0.5, 0.6) is 0 Å². The van der Waals surface area contributed by atoms with Crippen molar-refractivity contribution in [2.75, 3.05) is 39.6 Å². The molecule has 0 rings (SSSR count). The lowest BCUT2D eigenvalue weighted by Crippen LogP contribution is -2.30. The molecule has 578 valence electrons. The van der Waals surface area contributed by atoms with Gasteiger partial charge in [0, 0.05) is 12.8 Å². The fourth-order valence-corrected chi connectivity index (χ4v) is 11.1. The molecule has 0 aliphatic carbocycles. The predicted molar refractivity (Wildman–Crippen MR) is 417 cm³/mol. The minimum atomic E-state index is -5.03. The largest absolute Gasteiger partial charge is 0.472 e. The summed E-state index contributed by atoms with van der Waals surface area (Å²) in [6.07, 6.45) is 86.9. The van der Waals surface area contributed by atoms with E-state index < -0.39 is 97.5 Å². The molecule has 0 amide bonds. The smallest absolute Gasteiger partial charge is 0.462 e. The highest BCUT2D eigenvalue weighted by Gasteiger charge is 2.30. The number of phosphoric acid groups is 2. The number of aliphatic hydroxyl groups is 1. The third-order valence-corrected chi connectivity index (χ3v) is 17.1. The topological polar surface area (TPSA) is 237 Å². The van der Waals surface area contributed by atoms with Gasteiger partial charge in [0.1, 0.15) is 19.3 Å². The molecule has 5 unspecified atom stereocenters. The summed E-state index contributed by atoms with van der Waals surface area (Å²) >= 11 is 0. The molecular formula is C83H134O17P2. The second-order valence-corrected chi connectivity index (χ2v) is 27.7. The highest BCUT2D eigenvalue weighted by atomic mass is 31.2. The Bertz CT molecular complexity index is 2600. The normalized spacial score (nSPS) is 14.9. The van der Waals surface area contributed by atoms with E-state index in [9.17, 15) is 43.2 Å². The Morgan fingerprint density at radius 1 is 0.294 bits per heavy atom. The second-order valence-electron chi connectivity index (χ2n) is 24.8. The molecule has 0 aromatic rings. The fourth-order valence-electron chi connectivity index (χ4n) is 9.49. The molecule has 0 aliphatic rings. The molecule has 0 heterocycles. The Morgan fingerprint density at radius 3 is 0.922 bits per heavy atom. The van der Waals surface area contributed by atoms with E-state index in [1.54, 1.807) is 18.2 Å². The van der Waals surface area contributed by atoms with Crippen LogP contribution in [-0.2, 0) is 65.4 Å². The number of hydrogen-bond acceptors (Lipinski definition) is 15. The molecule has 0 bridgehead atoms. The summed E-state index contributed by atoms with van der Waals surface area (Å²) in [5, 5.41) is 10.6. The quantitative estimate of drug-likeness (QED) is 0.0169. The molecular weight excluding hydrogens is 1330 g/mol. The van der Waals surface area contributed by atoms with Crippen LogP contribution in [0.2, 0.25) is 0 Å². The molecule has 0 radical (unpaired) electrons. The van der Waals surface area contributed by atoms with Crippen LogP contribution in [0.1, 0.15) is 272 Å². The van der Waals surface area contributed by atoms with Crippen LogP contribution in [0.25, 0.3) is 0 Å². The lowest BCUT2D eigenvalue weighted by molar-refractivity contribution is -0.161. The van der Waals surface area contributed by atoms with Gasteiger partial charge < -0.3 is 33.8 Å². The van der Waals surface area contributed by atoms with Crippen molar-refractivity contribution in [3.8, 4) is 0 Å². The van der Waals surface area contributed by atoms with Crippen molar-refractivity contribution in [3.63, 3.8) is 0 Å². The van der Waals surface area contributed by atoms with Crippen molar-refractivity contribution in [1.29, 1.82) is 0 Å². The van der Waals surface area contributed by atoms with Crippen molar-refractivity contribution in [1.82, 2.24) is 0 Å². The molecule has 0 aromatic heterocycles. The van der Waals surface area contributed by atoms with Crippen LogP contribution in [0, 0.1) is 0 Å². The maximum absolute atomic E-state index is 13.1. The lowest BCUT2D eigenvalue weighted by atomic mass is 10.1. The number of aliphatic hydroxyl groups excluding tert-OH is 1. The summed E-state index contributed by atoms with van der Waals surface area (Å²) in [6, 6.07) is 0. The Morgan fingerprint density at radius 2 is 0.559 bits per heavy atom. The van der Waals surface area contributed by atoms with Gasteiger partial charge in [0.2, 0.25) is 0 Å². The van der Waals surface area contributed by atoms with Gasteiger partial charge in [0.25, 0.3) is 0 Å². The van der Waals surface area contributed by atoms with E-state index in [1.807, 2.05) is 30.4 Å². The number of rotatable bonds is 70. The zero-order valence-corrected chi connectivity index (χ0v) is 64.8. The molecule has 102 heavy (non-hydrogen) atoms. The van der Waals surface area contributed by atoms with Gasteiger partial charge in [-0.2, -0.15) is 0 Å². The average molecular weight is 1470 g/mol. The zero-order chi connectivity index (χ0) is 74.6. The van der Waals surface area contributed by atoms with Gasteiger partial charge >= 0.3 is 39.5 Å². The number of carbonyl (C=O) groups excluding carboxylic acids is 4. The second kappa shape index (κ2) is 73.7. The highest BCUT2D eigenvalue weighted by molar-refractivity contribution is 7.47. The van der Waals surface area contributed by atoms with Gasteiger partial charge in [-0.05, 0) is 135 Å². The Hall–Kier alpha value is -5.58. The summed E-state index contributed by atoms with van der Waals surface area (Å²) in [7, 11) is -10.0. The van der Waals surface area contributed by atoms with Crippen molar-refractivity contribution in [3.05, 3.63) is 170 Å². The summed E-state index contributed by atoms with van der Waals surface area (Å²) in [6.45, 7) is 4.25. The molecule has 17 nitrogen and oxygen atoms in total. The van der Waals surface area contributed by atoms with E-state index in [1.165, 1.54) is 38.5 Å². The first-order valence-electron chi connectivity index (χ1n) is 38.4. The molecule has 19 heteroatoms. The molecule has 5 atom stereocenters. The molecule has 0 saturated heterocycles. The number of esters is 4. The molecule has 0 fully saturated rings. The summed E-state index contributed by atoms with van der Waals surface area (Å²) in [5.74, 6) is -2.51. The summed E-state index contributed by atoms with van der Waals surface area (Å²) in [4.78, 5) is 72.8. The van der Waals surface area contributed by atoms with E-state index >= 15 is 0 Å². The van der Waals surface area contributed by atoms with Gasteiger partial charge in [-0.15, -0.1) is 0 Å². The number of phosphoric ester groups is 2. The number of allylic oxidation sites excluding steroid dienone is 26. The van der Waals surface area contributed by atoms with E-state index in [-0.39, 0.29) is 25.7 Å². The molecule has 0 aliphatic heterocycles. The fraction of sp³-hybridized carbons (Fsp3) is 0.614. The molecule has 0 saturated carbocycles. The number of unbranched alkanes of at least 4 members (excludes halogenated alkanes) is 18. The van der Waals surface area contributed by atoms with Crippen molar-refractivity contribution >= 4 is 39.5 Å². The van der Waals surface area contributed by atoms with Gasteiger partial charge in [0.05, 0.1) is 39.3 Å². The number of ether oxygens (including phenoxy) is 4. The van der Waals surface area contributed by atoms with Crippen molar-refractivity contribution in [2.24, 2.45) is 0 Å². The third-order valence-electron chi connectivity index (χ3n) is 15.2. The maximum atomic E-state index is 13.1. The number of hydrogen-bond donors (Lipinski definition) is 3. The Labute approximate surface area is 616 Å². The van der Waals surface area contributed by atoms with E-state index in [0.717, 1.165) is 154 Å². The summed E-state index contributed by atoms with van der Waals surface area (Å²) < 4.78 is 68.2. The minimum absolute atomic E-state index is 0.0731. The Balaban J connectivity index is 5.51. The molecule has 0 aromatic carbocycles. The summed E-state index contributed by atoms with van der Waals surface area (Å²) in [5.41, 5.74) is 0. The SMILES string of the molecule is CC/C=C\C/C=C\C/C=C\C/C=C\C/C=C\CC(=O)OCC(COP(=O)(O)OCC(O)COP(=O)(O)OCC(COC(=O)CCCCCCCCC/C=C\C/C=C\C/C=C\CC)OC(=O)CCCCCCC/C=C\CCCCCCCC)OC(=O)C/C=C\C/C=C\C/C=C\C/C=C\C/C=C\CC. The average Bonchev–Trinajstić information content (AvgIpc) is 0.926. The van der Waals surface area contributed by atoms with Gasteiger partial charge in [-0.25, -0.2) is 9.13 Å². The number of carbonyl (C=O) groups is 4. The van der Waals surface area contributed by atoms with Crippen LogP contribution in [0.3, 0.4) is 0 Å². The van der Waals surface area contributed by atoms with Crippen LogP contribution < -0.4 is 0 Å². The first-order valence-corrected chi connectivity index (χ1v) is 41.4. The molecule has 3 N–H and O–H groups in total. The van der Waals surface area contributed by atoms with E-state index in [2.05, 4.69) is 149 Å². The van der Waals surface area contributed by atoms with Crippen LogP contribution in [0.4, 0.5) is 0 Å². The zero-order valence-electron chi connectivity index (χ0n) is 63.0. The third kappa shape index (κ3) is 72.8. The molecule has 0 spiro atoms. The van der Waals surface area contributed by atoms with E-state index in [4.69, 9.17) is 37.0 Å². The van der Waals surface area contributed by atoms with Crippen LogP contribution >= 0.6 is 15.6 Å². The van der Waals surface area contributed by atoms with Gasteiger partial charge in [-0.3, -0.25) is 37.3 Å². The van der Waals surface area contributed by atoms with Crippen LogP contribution in [-0.4, -0.2) is 96.7 Å². The lowest BCUT2D eigenvalue weighted by Gasteiger charge is -2.21. The predicted octanol–water partition coefficient (Wildman–Crippen LogP) is 22.2. The monoisotopic (exact) mass is 1460 g/mol. The first kappa shape index (κ1) is 96.4. The Kier molecular flexibility index (Phi) is 69.7. The van der Waals surface area contributed by atoms with Crippen LogP contribution in [0.15, 0.2) is 170 Å². The van der Waals surface area contributed by atoms with Crippen molar-refractivity contribution in [2.45, 2.75) is 290 Å². The highest BCUT2D eigenvalue weighted by Crippen LogP contribution is 2.45. The minimum Gasteiger partial charge on any atom is -0.462 e. The van der Waals surface area contributed by atoms with E-state index in [0.29, 0.717) is 25.7 Å². The standard InChI is InChI=1S/C83H134O17P2/c1-5-9-13-17-21-25-29-33-37-38-42-44-48-52-56-60-64-68-81(86)94-74-79(100-83(88)70-66-62-58-54-50-46-41-36-32-28-24-20-16-12-8-4)76-98-102(91,92)96-72-77(84)71-95-101(89,90)97-75-78(99-82(87)69-65-61-57-53-49-45-40-35-31-27-23-19-15-11-7-3)73-93-80(85)67-63-59-55-51-47-43-39-34-30-26-22-18-14-10-6-2/h9-11,13-15,21-23,25-27,33-37,39-41,47,49,51,53,59,61,63,65,77-79,84H,5-8,12,16-20,24,28-32,38,42-46,48,50,52,54-58,60,62,64,66-76H2,1-4H3,(H,89,90)(H,91,92)/b13-9-,14-10-,15-11-,25-21-,26-22-,27-23-,37-33-,39-34-,40-35-,41-36-,51-47-,53-49-,63-59-,65-61-. The van der Waals surface area contributed by atoms with Crippen molar-refractivity contribution < 1.29 is 80.2 Å². The van der Waals surface area contributed by atoms with Gasteiger partial charge in [-0.1, -0.05) is 281 Å². The maximum Gasteiger partial charge on any atom is 0.472 e. The first-order chi connectivity index (χ1) is 49.7.